The van der Waals surface area contributed by atoms with Gasteiger partial charge in [-0.3, -0.25) is 19.6 Å². The lowest BCUT2D eigenvalue weighted by Crippen LogP contribution is -2.41. The summed E-state index contributed by atoms with van der Waals surface area (Å²) in [5.41, 5.74) is 2.22. The Hall–Kier alpha value is -3.47. The van der Waals surface area contributed by atoms with Crippen molar-refractivity contribution < 1.29 is 23.4 Å². The summed E-state index contributed by atoms with van der Waals surface area (Å²) in [6, 6.07) is 9.57. The number of nitrogens with zero attached hydrogens (tertiary/aromatic N) is 4. The highest BCUT2D eigenvalue weighted by molar-refractivity contribution is 5.91. The van der Waals surface area contributed by atoms with Gasteiger partial charge in [-0.15, -0.1) is 0 Å². The van der Waals surface area contributed by atoms with E-state index in [1.165, 1.54) is 6.26 Å². The molecule has 1 N–H and O–H groups in total. The Morgan fingerprint density at radius 2 is 1.92 bits per heavy atom. The van der Waals surface area contributed by atoms with Crippen molar-refractivity contribution in [3.05, 3.63) is 71.7 Å². The Balaban J connectivity index is 1.43. The molecule has 10 heteroatoms. The number of methoxy groups -OCH3 is 2. The van der Waals surface area contributed by atoms with Gasteiger partial charge in [-0.05, 0) is 23.8 Å². The molecule has 36 heavy (non-hydrogen) atoms. The van der Waals surface area contributed by atoms with Gasteiger partial charge in [0, 0.05) is 57.2 Å². The summed E-state index contributed by atoms with van der Waals surface area (Å²) in [6.07, 6.45) is 4.79. The van der Waals surface area contributed by atoms with Gasteiger partial charge in [-0.1, -0.05) is 12.1 Å². The standard InChI is InChI=1S/C26H33N5O5/c1-33-23-5-3-4-21(25(23)34-2)17-31(11-10-30-12-14-35-15-13-30)18-24-29-22(19-36-24)26(32)28-16-20-6-8-27-9-7-20/h3-9,19H,10-18H2,1-2H3,(H,28,32). The number of morpholine rings is 1. The molecule has 1 aliphatic rings. The summed E-state index contributed by atoms with van der Waals surface area (Å²) in [5.74, 6) is 1.59. The maximum Gasteiger partial charge on any atom is 0.273 e. The van der Waals surface area contributed by atoms with Crippen molar-refractivity contribution in [1.29, 1.82) is 0 Å². The number of benzene rings is 1. The van der Waals surface area contributed by atoms with Gasteiger partial charge < -0.3 is 23.9 Å². The van der Waals surface area contributed by atoms with E-state index in [0.29, 0.717) is 37.0 Å². The highest BCUT2D eigenvalue weighted by atomic mass is 16.5. The lowest BCUT2D eigenvalue weighted by Gasteiger charge is -2.30. The van der Waals surface area contributed by atoms with Crippen molar-refractivity contribution >= 4 is 5.91 Å². The molecule has 4 rings (SSSR count). The summed E-state index contributed by atoms with van der Waals surface area (Å²) in [4.78, 5) is 25.6. The van der Waals surface area contributed by atoms with E-state index in [9.17, 15) is 4.79 Å². The average molecular weight is 496 g/mol. The molecule has 1 amide bonds. The number of carbonyl (C=O) groups is 1. The summed E-state index contributed by atoms with van der Waals surface area (Å²) in [7, 11) is 3.27. The molecule has 0 unspecified atom stereocenters. The van der Waals surface area contributed by atoms with E-state index in [1.807, 2.05) is 30.3 Å². The number of aromatic nitrogens is 2. The van der Waals surface area contributed by atoms with Crippen LogP contribution in [0.15, 0.2) is 53.4 Å². The van der Waals surface area contributed by atoms with Crippen molar-refractivity contribution in [1.82, 2.24) is 25.1 Å². The molecule has 1 aliphatic heterocycles. The van der Waals surface area contributed by atoms with Crippen LogP contribution < -0.4 is 14.8 Å². The SMILES string of the molecule is COc1cccc(CN(CCN2CCOCC2)Cc2nc(C(=O)NCc3ccncc3)co2)c1OC. The van der Waals surface area contributed by atoms with Crippen LogP contribution in [0.5, 0.6) is 11.5 Å². The Morgan fingerprint density at radius 1 is 1.11 bits per heavy atom. The minimum atomic E-state index is -0.281. The van der Waals surface area contributed by atoms with Crippen LogP contribution in [0.3, 0.4) is 0 Å². The van der Waals surface area contributed by atoms with E-state index in [4.69, 9.17) is 18.6 Å². The highest BCUT2D eigenvalue weighted by Crippen LogP contribution is 2.31. The minimum Gasteiger partial charge on any atom is -0.493 e. The average Bonchev–Trinajstić information content (AvgIpc) is 3.40. The fourth-order valence-corrected chi connectivity index (χ4v) is 4.09. The first-order chi connectivity index (χ1) is 17.7. The van der Waals surface area contributed by atoms with Crippen LogP contribution in [0.25, 0.3) is 0 Å². The van der Waals surface area contributed by atoms with Crippen molar-refractivity contribution in [2.75, 3.05) is 53.6 Å². The molecule has 2 aromatic heterocycles. The van der Waals surface area contributed by atoms with Crippen molar-refractivity contribution in [2.24, 2.45) is 0 Å². The summed E-state index contributed by atoms with van der Waals surface area (Å²) >= 11 is 0. The second kappa shape index (κ2) is 13.0. The predicted octanol–water partition coefficient (Wildman–Crippen LogP) is 2.35. The van der Waals surface area contributed by atoms with Gasteiger partial charge in [0.25, 0.3) is 5.91 Å². The predicted molar refractivity (Wildman–Crippen MR) is 133 cm³/mol. The van der Waals surface area contributed by atoms with Crippen molar-refractivity contribution in [3.63, 3.8) is 0 Å². The van der Waals surface area contributed by atoms with Crippen LogP contribution >= 0.6 is 0 Å². The third-order valence-electron chi connectivity index (χ3n) is 6.06. The first kappa shape index (κ1) is 25.6. The largest absolute Gasteiger partial charge is 0.493 e. The van der Waals surface area contributed by atoms with Crippen LogP contribution in [0.4, 0.5) is 0 Å². The van der Waals surface area contributed by atoms with Gasteiger partial charge in [0.2, 0.25) is 5.89 Å². The highest BCUT2D eigenvalue weighted by Gasteiger charge is 2.19. The Morgan fingerprint density at radius 3 is 2.67 bits per heavy atom. The zero-order valence-electron chi connectivity index (χ0n) is 20.8. The number of hydrogen-bond donors (Lipinski definition) is 1. The number of rotatable bonds is 12. The fraction of sp³-hybridized carbons (Fsp3) is 0.423. The molecule has 0 spiro atoms. The van der Waals surface area contributed by atoms with Crippen LogP contribution in [0.1, 0.15) is 27.5 Å². The monoisotopic (exact) mass is 495 g/mol. The summed E-state index contributed by atoms with van der Waals surface area (Å²) in [6.45, 7) is 6.45. The van der Waals surface area contributed by atoms with Gasteiger partial charge in [0.1, 0.15) is 6.26 Å². The smallest absolute Gasteiger partial charge is 0.273 e. The van der Waals surface area contributed by atoms with Gasteiger partial charge in [0.15, 0.2) is 17.2 Å². The van der Waals surface area contributed by atoms with Crippen LogP contribution in [-0.2, 0) is 24.4 Å². The van der Waals surface area contributed by atoms with E-state index in [-0.39, 0.29) is 11.6 Å². The molecular formula is C26H33N5O5. The number of nitrogens with one attached hydrogen (secondary N) is 1. The quantitative estimate of drug-likeness (QED) is 0.406. The minimum absolute atomic E-state index is 0.256. The Labute approximate surface area is 211 Å². The molecule has 10 nitrogen and oxygen atoms in total. The van der Waals surface area contributed by atoms with Crippen LogP contribution in [-0.4, -0.2) is 79.3 Å². The van der Waals surface area contributed by atoms with Gasteiger partial charge in [-0.2, -0.15) is 0 Å². The molecule has 0 bridgehead atoms. The van der Waals surface area contributed by atoms with E-state index in [1.54, 1.807) is 26.6 Å². The van der Waals surface area contributed by atoms with Crippen LogP contribution in [0.2, 0.25) is 0 Å². The maximum atomic E-state index is 12.6. The lowest BCUT2D eigenvalue weighted by atomic mass is 10.1. The van der Waals surface area contributed by atoms with E-state index >= 15 is 0 Å². The second-order valence-electron chi connectivity index (χ2n) is 8.48. The molecule has 1 saturated heterocycles. The zero-order valence-corrected chi connectivity index (χ0v) is 20.8. The topological polar surface area (TPSA) is 102 Å². The molecule has 0 aliphatic carbocycles. The zero-order chi connectivity index (χ0) is 25.2. The van der Waals surface area contributed by atoms with E-state index in [0.717, 1.165) is 50.5 Å². The molecule has 1 aromatic carbocycles. The van der Waals surface area contributed by atoms with Crippen LogP contribution in [0, 0.1) is 0 Å². The van der Waals surface area contributed by atoms with Gasteiger partial charge in [0.05, 0.1) is 34.0 Å². The lowest BCUT2D eigenvalue weighted by molar-refractivity contribution is 0.0320. The molecule has 192 valence electrons. The third-order valence-corrected chi connectivity index (χ3v) is 6.06. The normalized spacial score (nSPS) is 14.1. The molecule has 0 radical (unpaired) electrons. The van der Waals surface area contributed by atoms with Gasteiger partial charge in [-0.25, -0.2) is 4.98 Å². The number of pyridine rings is 1. The third kappa shape index (κ3) is 7.03. The molecule has 3 aromatic rings. The maximum absolute atomic E-state index is 12.6. The number of ether oxygens (including phenoxy) is 3. The number of oxazole rings is 1. The number of para-hydroxylation sites is 1. The molecule has 0 saturated carbocycles. The molecule has 3 heterocycles. The fourth-order valence-electron chi connectivity index (χ4n) is 4.09. The van der Waals surface area contributed by atoms with Crippen molar-refractivity contribution in [3.8, 4) is 11.5 Å². The first-order valence-corrected chi connectivity index (χ1v) is 12.0. The van der Waals surface area contributed by atoms with Crippen molar-refractivity contribution in [2.45, 2.75) is 19.6 Å². The van der Waals surface area contributed by atoms with Gasteiger partial charge >= 0.3 is 0 Å². The summed E-state index contributed by atoms with van der Waals surface area (Å²) < 4.78 is 22.3. The number of hydrogen-bond acceptors (Lipinski definition) is 9. The number of amides is 1. The molecule has 0 atom stereocenters. The first-order valence-electron chi connectivity index (χ1n) is 12.0. The summed E-state index contributed by atoms with van der Waals surface area (Å²) in [5, 5.41) is 2.87. The second-order valence-corrected chi connectivity index (χ2v) is 8.48. The molecular weight excluding hydrogens is 462 g/mol. The van der Waals surface area contributed by atoms with E-state index in [2.05, 4.69) is 25.1 Å². The Kier molecular flexibility index (Phi) is 9.26. The Bertz CT molecular complexity index is 1100. The van der Waals surface area contributed by atoms with E-state index < -0.39 is 0 Å². The number of carbonyl (C=O) groups excluding carboxylic acids is 1. The molecule has 1 fully saturated rings.